The van der Waals surface area contributed by atoms with Crippen molar-refractivity contribution in [2.45, 2.75) is 26.5 Å². The fourth-order valence-electron chi connectivity index (χ4n) is 4.25. The maximum atomic E-state index is 14.1. The van der Waals surface area contributed by atoms with E-state index in [-0.39, 0.29) is 24.6 Å². The summed E-state index contributed by atoms with van der Waals surface area (Å²) >= 11 is 0. The van der Waals surface area contributed by atoms with Crippen molar-refractivity contribution in [3.05, 3.63) is 88.4 Å². The number of ether oxygens (including phenoxy) is 3. The maximum absolute atomic E-state index is 14.1. The third-order valence-electron chi connectivity index (χ3n) is 6.12. The average molecular weight is 509 g/mol. The molecule has 1 aliphatic rings. The molecule has 8 nitrogen and oxygen atoms in total. The van der Waals surface area contributed by atoms with Crippen molar-refractivity contribution in [1.29, 1.82) is 0 Å². The Morgan fingerprint density at radius 2 is 1.86 bits per heavy atom. The number of hydrogen-bond acceptors (Lipinski definition) is 6. The number of halogens is 2. The van der Waals surface area contributed by atoms with Crippen molar-refractivity contribution < 1.29 is 27.8 Å². The van der Waals surface area contributed by atoms with Crippen molar-refractivity contribution >= 4 is 11.6 Å². The number of amides is 1. The normalized spacial score (nSPS) is 13.4. The van der Waals surface area contributed by atoms with Crippen LogP contribution in [0, 0.1) is 25.5 Å². The Bertz CT molecular complexity index is 1470. The highest BCUT2D eigenvalue weighted by atomic mass is 19.1. The van der Waals surface area contributed by atoms with Gasteiger partial charge in [-0.2, -0.15) is 0 Å². The van der Waals surface area contributed by atoms with Crippen LogP contribution in [-0.4, -0.2) is 35.1 Å². The van der Waals surface area contributed by atoms with Crippen molar-refractivity contribution in [3.8, 4) is 17.2 Å². The molecule has 0 fully saturated rings. The Morgan fingerprint density at radius 1 is 1.14 bits per heavy atom. The number of rotatable bonds is 7. The molecule has 3 N–H and O–H groups in total. The topological polar surface area (TPSA) is 100 Å². The number of aryl methyl sites for hydroxylation is 2. The van der Waals surface area contributed by atoms with Crippen LogP contribution in [0.25, 0.3) is 5.65 Å². The highest BCUT2D eigenvalue weighted by Crippen LogP contribution is 2.32. The molecule has 3 heterocycles. The number of nitrogens with one attached hydrogen (secondary N) is 1. The van der Waals surface area contributed by atoms with Gasteiger partial charge >= 0.3 is 0 Å². The lowest BCUT2D eigenvalue weighted by molar-refractivity contribution is 0.0944. The summed E-state index contributed by atoms with van der Waals surface area (Å²) in [5.74, 6) is -0.164. The first-order chi connectivity index (χ1) is 17.8. The summed E-state index contributed by atoms with van der Waals surface area (Å²) in [5, 5.41) is 2.87. The first-order valence-corrected chi connectivity index (χ1v) is 11.8. The first kappa shape index (κ1) is 24.5. The van der Waals surface area contributed by atoms with Gasteiger partial charge in [0.15, 0.2) is 22.9 Å². The predicted octanol–water partition coefficient (Wildman–Crippen LogP) is 4.01. The zero-order valence-electron chi connectivity index (χ0n) is 20.4. The van der Waals surface area contributed by atoms with Crippen LogP contribution in [0.5, 0.6) is 17.2 Å². The van der Waals surface area contributed by atoms with Crippen molar-refractivity contribution in [2.75, 3.05) is 19.8 Å². The molecule has 5 rings (SSSR count). The van der Waals surface area contributed by atoms with Crippen LogP contribution < -0.4 is 25.3 Å². The lowest BCUT2D eigenvalue weighted by atomic mass is 10.1. The van der Waals surface area contributed by atoms with Crippen LogP contribution in [0.15, 0.2) is 48.7 Å². The van der Waals surface area contributed by atoms with Crippen LogP contribution in [0.3, 0.4) is 0 Å². The molecule has 0 bridgehead atoms. The third kappa shape index (κ3) is 4.92. The zero-order chi connectivity index (χ0) is 26.1. The van der Waals surface area contributed by atoms with Crippen LogP contribution in [0.2, 0.25) is 0 Å². The van der Waals surface area contributed by atoms with Crippen LogP contribution in [-0.2, 0) is 6.61 Å². The number of nitrogens with zero attached hydrogens (tertiary/aromatic N) is 2. The van der Waals surface area contributed by atoms with Gasteiger partial charge in [-0.15, -0.1) is 0 Å². The van der Waals surface area contributed by atoms with E-state index in [4.69, 9.17) is 19.9 Å². The lowest BCUT2D eigenvalue weighted by Gasteiger charge is -2.20. The number of nitrogens with two attached hydrogens (primary N) is 1. The maximum Gasteiger partial charge on any atom is 0.270 e. The number of imidazole rings is 1. The van der Waals surface area contributed by atoms with E-state index in [1.165, 1.54) is 18.2 Å². The minimum atomic E-state index is -0.697. The van der Waals surface area contributed by atoms with E-state index in [9.17, 15) is 13.6 Å². The molecule has 2 aromatic heterocycles. The molecule has 0 radical (unpaired) electrons. The Hall–Kier alpha value is -4.18. The quantitative estimate of drug-likeness (QED) is 0.391. The number of benzene rings is 2. The number of fused-ring (bicyclic) bond motifs is 2. The fraction of sp³-hybridized carbons (Fsp3) is 0.259. The van der Waals surface area contributed by atoms with Gasteiger partial charge in [0.05, 0.1) is 11.3 Å². The molecule has 0 saturated carbocycles. The zero-order valence-corrected chi connectivity index (χ0v) is 20.4. The number of pyridine rings is 1. The Morgan fingerprint density at radius 3 is 2.62 bits per heavy atom. The summed E-state index contributed by atoms with van der Waals surface area (Å²) in [5.41, 5.74) is 8.87. The smallest absolute Gasteiger partial charge is 0.270 e. The lowest BCUT2D eigenvalue weighted by Crippen LogP contribution is -2.33. The Kier molecular flexibility index (Phi) is 6.66. The van der Waals surface area contributed by atoms with Gasteiger partial charge in [-0.3, -0.25) is 9.20 Å². The molecule has 1 unspecified atom stereocenters. The van der Waals surface area contributed by atoms with Crippen LogP contribution in [0.4, 0.5) is 8.78 Å². The molecule has 192 valence electrons. The van der Waals surface area contributed by atoms with Gasteiger partial charge in [-0.05, 0) is 55.3 Å². The molecule has 0 spiro atoms. The van der Waals surface area contributed by atoms with Gasteiger partial charge in [-0.1, -0.05) is 12.1 Å². The predicted molar refractivity (Wildman–Crippen MR) is 132 cm³/mol. The van der Waals surface area contributed by atoms with E-state index in [1.807, 2.05) is 19.1 Å². The van der Waals surface area contributed by atoms with E-state index < -0.39 is 17.7 Å². The fourth-order valence-corrected chi connectivity index (χ4v) is 4.25. The van der Waals surface area contributed by atoms with Crippen molar-refractivity contribution in [1.82, 2.24) is 14.7 Å². The molecule has 1 atom stereocenters. The largest absolute Gasteiger partial charge is 0.486 e. The van der Waals surface area contributed by atoms with Gasteiger partial charge < -0.3 is 25.3 Å². The van der Waals surface area contributed by atoms with Gasteiger partial charge in [0.2, 0.25) is 0 Å². The number of hydrogen-bond donors (Lipinski definition) is 2. The summed E-state index contributed by atoms with van der Waals surface area (Å²) in [6.07, 6.45) is 1.75. The van der Waals surface area contributed by atoms with E-state index in [0.29, 0.717) is 47.5 Å². The Labute approximate surface area is 212 Å². The summed E-state index contributed by atoms with van der Waals surface area (Å²) in [6.45, 7) is 4.35. The third-order valence-corrected chi connectivity index (χ3v) is 6.12. The molecule has 0 aliphatic carbocycles. The Balaban J connectivity index is 1.34. The number of aromatic nitrogens is 2. The molecular weight excluding hydrogens is 482 g/mol. The van der Waals surface area contributed by atoms with Crippen molar-refractivity contribution in [3.63, 3.8) is 0 Å². The van der Waals surface area contributed by atoms with E-state index >= 15 is 0 Å². The highest BCUT2D eigenvalue weighted by molar-refractivity contribution is 5.95. The van der Waals surface area contributed by atoms with E-state index in [2.05, 4.69) is 10.3 Å². The molecule has 37 heavy (non-hydrogen) atoms. The second-order valence-corrected chi connectivity index (χ2v) is 8.83. The van der Waals surface area contributed by atoms with Gasteiger partial charge in [0.25, 0.3) is 5.91 Å². The summed E-state index contributed by atoms with van der Waals surface area (Å²) < 4.78 is 46.6. The molecule has 10 heteroatoms. The second kappa shape index (κ2) is 10.1. The second-order valence-electron chi connectivity index (χ2n) is 8.83. The minimum absolute atomic E-state index is 0.173. The van der Waals surface area contributed by atoms with E-state index in [1.54, 1.807) is 29.7 Å². The van der Waals surface area contributed by atoms with Gasteiger partial charge in [0.1, 0.15) is 37.1 Å². The molecule has 1 amide bonds. The molecule has 0 saturated heterocycles. The molecule has 2 aromatic carbocycles. The first-order valence-electron chi connectivity index (χ1n) is 11.8. The molecule has 1 aliphatic heterocycles. The summed E-state index contributed by atoms with van der Waals surface area (Å²) in [7, 11) is 0. The SMILES string of the molecule is Cc1cc(OCc2c(F)cccc2F)c2nc(C)c(C(=O)NCC(N)c3ccc4c(c3)OCCO4)n2c1. The highest BCUT2D eigenvalue weighted by Gasteiger charge is 2.22. The van der Waals surface area contributed by atoms with Crippen LogP contribution in [0.1, 0.15) is 38.9 Å². The summed E-state index contributed by atoms with van der Waals surface area (Å²) in [6, 6.07) is 10.3. The van der Waals surface area contributed by atoms with E-state index in [0.717, 1.165) is 11.1 Å². The van der Waals surface area contributed by atoms with Crippen molar-refractivity contribution in [2.24, 2.45) is 5.73 Å². The molecular formula is C27H26F2N4O4. The van der Waals surface area contributed by atoms with Gasteiger partial charge in [0, 0.05) is 18.8 Å². The minimum Gasteiger partial charge on any atom is -0.486 e. The van der Waals surface area contributed by atoms with Crippen LogP contribution >= 0.6 is 0 Å². The summed E-state index contributed by atoms with van der Waals surface area (Å²) in [4.78, 5) is 17.7. The molecule has 4 aromatic rings. The monoisotopic (exact) mass is 508 g/mol. The number of carbonyl (C=O) groups excluding carboxylic acids is 1. The average Bonchev–Trinajstić information content (AvgIpc) is 3.22. The number of carbonyl (C=O) groups is 1. The van der Waals surface area contributed by atoms with Gasteiger partial charge in [-0.25, -0.2) is 13.8 Å². The standard InChI is InChI=1S/C27H26F2N4O4/c1-15-10-24(37-14-18-19(28)4-3-5-20(18)29)26-32-16(2)25(33(26)13-15)27(34)31-12-21(30)17-6-7-22-23(11-17)36-9-8-35-22/h3-7,10-11,13,21H,8-9,12,14,30H2,1-2H3,(H,31,34).